The number of benzene rings is 1. The van der Waals surface area contributed by atoms with Crippen LogP contribution >= 0.6 is 0 Å². The van der Waals surface area contributed by atoms with Crippen LogP contribution in [0.1, 0.15) is 26.3 Å². The normalized spacial score (nSPS) is 13.3. The van der Waals surface area contributed by atoms with E-state index in [-0.39, 0.29) is 6.42 Å². The van der Waals surface area contributed by atoms with E-state index in [9.17, 15) is 19.5 Å². The summed E-state index contributed by atoms with van der Waals surface area (Å²) in [6, 6.07) is 6.85. The summed E-state index contributed by atoms with van der Waals surface area (Å²) in [5.74, 6) is -1.42. The molecule has 1 aromatic rings. The number of aliphatic hydroxyl groups is 1. The fourth-order valence-electron chi connectivity index (χ4n) is 2.10. The average molecular weight is 366 g/mol. The molecule has 0 radical (unpaired) electrons. The first-order valence-electron chi connectivity index (χ1n) is 8.18. The standard InChI is InChI=1S/C18H26N2O6/c1-18(2,3)26-17(24)20-13(10-12-8-6-5-7-9-12)15(22)19-14(11-21)16(23)25-4/h5-9,13-14,21H,10-11H2,1-4H3,(H,19,22)(H,20,24)/t13-,14+/m1/s1. The molecule has 1 aromatic carbocycles. The third-order valence-electron chi connectivity index (χ3n) is 3.27. The van der Waals surface area contributed by atoms with Gasteiger partial charge in [-0.2, -0.15) is 0 Å². The van der Waals surface area contributed by atoms with Crippen LogP contribution in [0.25, 0.3) is 0 Å². The number of rotatable bonds is 7. The Morgan fingerprint density at radius 2 is 1.69 bits per heavy atom. The summed E-state index contributed by atoms with van der Waals surface area (Å²) >= 11 is 0. The number of alkyl carbamates (subject to hydrolysis) is 1. The first kappa shape index (κ1) is 21.4. The highest BCUT2D eigenvalue weighted by atomic mass is 16.6. The number of ether oxygens (including phenoxy) is 2. The smallest absolute Gasteiger partial charge is 0.408 e. The Bertz CT molecular complexity index is 612. The molecule has 26 heavy (non-hydrogen) atoms. The Hall–Kier alpha value is -2.61. The number of carbonyl (C=O) groups is 3. The van der Waals surface area contributed by atoms with Crippen LogP contribution < -0.4 is 10.6 Å². The lowest BCUT2D eigenvalue weighted by atomic mass is 10.0. The van der Waals surface area contributed by atoms with Crippen LogP contribution in [-0.2, 0) is 25.5 Å². The summed E-state index contributed by atoms with van der Waals surface area (Å²) in [5, 5.41) is 14.1. The fraction of sp³-hybridized carbons (Fsp3) is 0.500. The largest absolute Gasteiger partial charge is 0.467 e. The van der Waals surface area contributed by atoms with Crippen molar-refractivity contribution in [3.8, 4) is 0 Å². The Kier molecular flexibility index (Phi) is 8.05. The van der Waals surface area contributed by atoms with Gasteiger partial charge in [-0.3, -0.25) is 4.79 Å². The Morgan fingerprint density at radius 3 is 2.19 bits per heavy atom. The molecular formula is C18H26N2O6. The minimum absolute atomic E-state index is 0.186. The molecule has 0 aromatic heterocycles. The van der Waals surface area contributed by atoms with Crippen molar-refractivity contribution in [3.63, 3.8) is 0 Å². The number of carbonyl (C=O) groups excluding carboxylic acids is 3. The van der Waals surface area contributed by atoms with Crippen molar-refractivity contribution >= 4 is 18.0 Å². The van der Waals surface area contributed by atoms with Crippen LogP contribution in [0, 0.1) is 0 Å². The lowest BCUT2D eigenvalue weighted by molar-refractivity contribution is -0.146. The van der Waals surface area contributed by atoms with Gasteiger partial charge in [-0.1, -0.05) is 30.3 Å². The molecular weight excluding hydrogens is 340 g/mol. The number of amides is 2. The SMILES string of the molecule is COC(=O)[C@H](CO)NC(=O)[C@@H](Cc1ccccc1)NC(=O)OC(C)(C)C. The maximum Gasteiger partial charge on any atom is 0.408 e. The third-order valence-corrected chi connectivity index (χ3v) is 3.27. The number of hydrogen-bond acceptors (Lipinski definition) is 6. The van der Waals surface area contributed by atoms with Crippen molar-refractivity contribution in [1.29, 1.82) is 0 Å². The lowest BCUT2D eigenvalue weighted by Crippen LogP contribution is -2.54. The second-order valence-corrected chi connectivity index (χ2v) is 6.66. The van der Waals surface area contributed by atoms with E-state index < -0.39 is 42.3 Å². The molecule has 0 aliphatic heterocycles. The number of nitrogens with one attached hydrogen (secondary N) is 2. The van der Waals surface area contributed by atoms with E-state index in [1.165, 1.54) is 0 Å². The van der Waals surface area contributed by atoms with Gasteiger partial charge in [-0.15, -0.1) is 0 Å². The molecule has 0 fully saturated rings. The molecule has 0 aliphatic rings. The summed E-state index contributed by atoms with van der Waals surface area (Å²) in [5.41, 5.74) is 0.0830. The van der Waals surface area contributed by atoms with Gasteiger partial charge in [0.2, 0.25) is 5.91 Å². The van der Waals surface area contributed by atoms with Crippen molar-refractivity contribution in [1.82, 2.24) is 10.6 Å². The number of aliphatic hydroxyl groups excluding tert-OH is 1. The minimum Gasteiger partial charge on any atom is -0.467 e. The van der Waals surface area contributed by atoms with E-state index >= 15 is 0 Å². The maximum atomic E-state index is 12.5. The van der Waals surface area contributed by atoms with Crippen LogP contribution in [0.2, 0.25) is 0 Å². The van der Waals surface area contributed by atoms with Gasteiger partial charge in [0.15, 0.2) is 6.04 Å². The van der Waals surface area contributed by atoms with Crippen LogP contribution in [0.3, 0.4) is 0 Å². The molecule has 0 saturated carbocycles. The van der Waals surface area contributed by atoms with Gasteiger partial charge in [0.25, 0.3) is 0 Å². The van der Waals surface area contributed by atoms with Crippen molar-refractivity contribution in [2.24, 2.45) is 0 Å². The molecule has 0 spiro atoms. The highest BCUT2D eigenvalue weighted by Gasteiger charge is 2.28. The summed E-state index contributed by atoms with van der Waals surface area (Å²) in [4.78, 5) is 36.2. The van der Waals surface area contributed by atoms with Gasteiger partial charge < -0.3 is 25.2 Å². The van der Waals surface area contributed by atoms with Crippen molar-refractivity contribution < 1.29 is 29.0 Å². The summed E-state index contributed by atoms with van der Waals surface area (Å²) in [7, 11) is 1.15. The summed E-state index contributed by atoms with van der Waals surface area (Å²) in [6.07, 6.45) is -0.571. The van der Waals surface area contributed by atoms with Crippen molar-refractivity contribution in [3.05, 3.63) is 35.9 Å². The van der Waals surface area contributed by atoms with E-state index in [4.69, 9.17) is 4.74 Å². The molecule has 3 N–H and O–H groups in total. The molecule has 0 saturated heterocycles. The van der Waals surface area contributed by atoms with Gasteiger partial charge in [0.05, 0.1) is 13.7 Å². The first-order valence-corrected chi connectivity index (χ1v) is 8.18. The Balaban J connectivity index is 2.89. The summed E-state index contributed by atoms with van der Waals surface area (Å²) < 4.78 is 9.71. The second kappa shape index (κ2) is 9.76. The summed E-state index contributed by atoms with van der Waals surface area (Å²) in [6.45, 7) is 4.50. The first-order chi connectivity index (χ1) is 12.2. The van der Waals surface area contributed by atoms with E-state index in [1.54, 1.807) is 32.9 Å². The van der Waals surface area contributed by atoms with Gasteiger partial charge in [0.1, 0.15) is 11.6 Å². The molecule has 8 heteroatoms. The molecule has 8 nitrogen and oxygen atoms in total. The van der Waals surface area contributed by atoms with E-state index in [0.29, 0.717) is 0 Å². The van der Waals surface area contributed by atoms with E-state index in [2.05, 4.69) is 15.4 Å². The number of hydrogen-bond donors (Lipinski definition) is 3. The van der Waals surface area contributed by atoms with E-state index in [1.807, 2.05) is 18.2 Å². The van der Waals surface area contributed by atoms with Crippen LogP contribution in [0.4, 0.5) is 4.79 Å². The van der Waals surface area contributed by atoms with Crippen LogP contribution in [-0.4, -0.2) is 54.5 Å². The Labute approximate surface area is 152 Å². The molecule has 1 rings (SSSR count). The van der Waals surface area contributed by atoms with Gasteiger partial charge in [-0.25, -0.2) is 9.59 Å². The molecule has 0 bridgehead atoms. The highest BCUT2D eigenvalue weighted by molar-refractivity contribution is 5.90. The lowest BCUT2D eigenvalue weighted by Gasteiger charge is -2.24. The van der Waals surface area contributed by atoms with Crippen molar-refractivity contribution in [2.75, 3.05) is 13.7 Å². The minimum atomic E-state index is -1.22. The van der Waals surface area contributed by atoms with Crippen LogP contribution in [0.5, 0.6) is 0 Å². The second-order valence-electron chi connectivity index (χ2n) is 6.66. The average Bonchev–Trinajstić information content (AvgIpc) is 2.57. The molecule has 144 valence electrons. The van der Waals surface area contributed by atoms with Gasteiger partial charge in [-0.05, 0) is 26.3 Å². The third kappa shape index (κ3) is 7.52. The molecule has 2 amide bonds. The molecule has 2 atom stereocenters. The number of esters is 1. The zero-order valence-corrected chi connectivity index (χ0v) is 15.4. The predicted octanol–water partition coefficient (Wildman–Crippen LogP) is 0.772. The number of methoxy groups -OCH3 is 1. The monoisotopic (exact) mass is 366 g/mol. The van der Waals surface area contributed by atoms with Crippen LogP contribution in [0.15, 0.2) is 30.3 Å². The fourth-order valence-corrected chi connectivity index (χ4v) is 2.10. The topological polar surface area (TPSA) is 114 Å². The predicted molar refractivity (Wildman–Crippen MR) is 94.3 cm³/mol. The maximum absolute atomic E-state index is 12.5. The Morgan fingerprint density at radius 1 is 1.08 bits per heavy atom. The quantitative estimate of drug-likeness (QED) is 0.614. The highest BCUT2D eigenvalue weighted by Crippen LogP contribution is 2.09. The zero-order valence-electron chi connectivity index (χ0n) is 15.4. The van der Waals surface area contributed by atoms with Gasteiger partial charge in [0, 0.05) is 6.42 Å². The molecule has 0 aliphatic carbocycles. The molecule has 0 unspecified atom stereocenters. The molecule has 0 heterocycles. The van der Waals surface area contributed by atoms with E-state index in [0.717, 1.165) is 12.7 Å². The zero-order chi connectivity index (χ0) is 19.7. The van der Waals surface area contributed by atoms with Gasteiger partial charge >= 0.3 is 12.1 Å². The van der Waals surface area contributed by atoms with Crippen molar-refractivity contribution in [2.45, 2.75) is 44.9 Å².